The van der Waals surface area contributed by atoms with Crippen LogP contribution in [0.2, 0.25) is 0 Å². The molecule has 0 aromatic carbocycles. The van der Waals surface area contributed by atoms with Gasteiger partial charge in [-0.1, -0.05) is 0 Å². The highest BCUT2D eigenvalue weighted by Gasteiger charge is 2.30. The Morgan fingerprint density at radius 1 is 1.32 bits per heavy atom. The van der Waals surface area contributed by atoms with Crippen LogP contribution in [0.25, 0.3) is 11.3 Å². The minimum atomic E-state index is -0.187. The van der Waals surface area contributed by atoms with Gasteiger partial charge in [0.25, 0.3) is 5.56 Å². The number of hydrogen-bond donors (Lipinski definition) is 1. The molecule has 144 valence electrons. The van der Waals surface area contributed by atoms with E-state index in [2.05, 4.69) is 20.4 Å². The van der Waals surface area contributed by atoms with E-state index in [-0.39, 0.29) is 17.6 Å². The number of anilines is 1. The van der Waals surface area contributed by atoms with Crippen molar-refractivity contribution in [3.05, 3.63) is 58.1 Å². The lowest BCUT2D eigenvalue weighted by atomic mass is 10.2. The molecule has 28 heavy (non-hydrogen) atoms. The third-order valence-electron chi connectivity index (χ3n) is 4.68. The second kappa shape index (κ2) is 7.89. The number of carbonyl (C=O) groups is 1. The maximum Gasteiger partial charge on any atom is 0.323 e. The molecule has 0 radical (unpaired) electrons. The van der Waals surface area contributed by atoms with Crippen molar-refractivity contribution in [2.24, 2.45) is 0 Å². The first-order valence-corrected chi connectivity index (χ1v) is 9.90. The molecule has 3 aromatic heterocycles. The monoisotopic (exact) mass is 396 g/mol. The molecule has 1 atom stereocenters. The van der Waals surface area contributed by atoms with Gasteiger partial charge in [-0.05, 0) is 38.0 Å². The number of pyridine rings is 1. The molecule has 4 heterocycles. The molecule has 8 nitrogen and oxygen atoms in total. The largest absolute Gasteiger partial charge is 0.323 e. The van der Waals surface area contributed by atoms with Crippen LogP contribution in [0.3, 0.4) is 0 Å². The summed E-state index contributed by atoms with van der Waals surface area (Å²) in [5.41, 5.74) is 1.34. The van der Waals surface area contributed by atoms with E-state index in [1.54, 1.807) is 29.6 Å². The number of amides is 2. The summed E-state index contributed by atoms with van der Waals surface area (Å²) in [4.78, 5) is 36.1. The van der Waals surface area contributed by atoms with Crippen LogP contribution in [0.4, 0.5) is 9.93 Å². The lowest BCUT2D eigenvalue weighted by Crippen LogP contribution is -2.42. The van der Waals surface area contributed by atoms with Gasteiger partial charge in [-0.15, -0.1) is 11.3 Å². The maximum absolute atomic E-state index is 12.7. The highest BCUT2D eigenvalue weighted by Crippen LogP contribution is 2.22. The summed E-state index contributed by atoms with van der Waals surface area (Å²) in [6, 6.07) is 6.65. The molecule has 1 aliphatic heterocycles. The molecule has 1 unspecified atom stereocenters. The molecule has 1 fully saturated rings. The third-order valence-corrected chi connectivity index (χ3v) is 5.51. The number of thiazole rings is 1. The zero-order valence-corrected chi connectivity index (χ0v) is 16.2. The van der Waals surface area contributed by atoms with Crippen LogP contribution in [0.5, 0.6) is 0 Å². The van der Waals surface area contributed by atoms with Crippen molar-refractivity contribution in [3.8, 4) is 11.3 Å². The van der Waals surface area contributed by atoms with Gasteiger partial charge in [0.15, 0.2) is 5.13 Å². The Bertz CT molecular complexity index is 1030. The summed E-state index contributed by atoms with van der Waals surface area (Å²) in [6.45, 7) is 2.95. The predicted molar refractivity (Wildman–Crippen MR) is 107 cm³/mol. The van der Waals surface area contributed by atoms with Gasteiger partial charge >= 0.3 is 6.03 Å². The molecule has 0 saturated carbocycles. The Labute approximate surface area is 165 Å². The molecule has 4 rings (SSSR count). The average Bonchev–Trinajstić information content (AvgIpc) is 3.33. The number of rotatable bonds is 4. The van der Waals surface area contributed by atoms with Gasteiger partial charge in [0.05, 0.1) is 18.3 Å². The second-order valence-corrected chi connectivity index (χ2v) is 7.91. The molecule has 9 heteroatoms. The number of nitrogens with zero attached hydrogens (tertiary/aromatic N) is 5. The smallest absolute Gasteiger partial charge is 0.320 e. The molecule has 1 saturated heterocycles. The number of likely N-dealkylation sites (tertiary alicyclic amines) is 1. The molecule has 2 amide bonds. The first kappa shape index (κ1) is 18.3. The van der Waals surface area contributed by atoms with E-state index in [1.807, 2.05) is 19.1 Å². The number of nitrogens with one attached hydrogen (secondary N) is 1. The average molecular weight is 396 g/mol. The summed E-state index contributed by atoms with van der Waals surface area (Å²) in [7, 11) is 0. The van der Waals surface area contributed by atoms with Crippen molar-refractivity contribution in [2.75, 3.05) is 11.9 Å². The van der Waals surface area contributed by atoms with E-state index >= 15 is 0 Å². The van der Waals surface area contributed by atoms with Crippen LogP contribution in [-0.4, -0.2) is 43.3 Å². The van der Waals surface area contributed by atoms with Gasteiger partial charge in [0, 0.05) is 41.6 Å². The Hall–Kier alpha value is -3.07. The lowest BCUT2D eigenvalue weighted by Gasteiger charge is -2.24. The van der Waals surface area contributed by atoms with Gasteiger partial charge in [-0.2, -0.15) is 5.10 Å². The standard InChI is InChI=1S/C19H20N6O2S/c1-13-10-21-18(28-13)22-19(27)24-9-3-5-15(24)12-25-17(26)7-6-16(23-25)14-4-2-8-20-11-14/h2,4,6-8,10-11,15H,3,5,9,12H2,1H3,(H,21,22,27). The van der Waals surface area contributed by atoms with Crippen LogP contribution in [0.1, 0.15) is 17.7 Å². The second-order valence-electron chi connectivity index (χ2n) is 6.68. The Balaban J connectivity index is 1.51. The van der Waals surface area contributed by atoms with Crippen molar-refractivity contribution in [1.82, 2.24) is 24.6 Å². The van der Waals surface area contributed by atoms with Crippen LogP contribution < -0.4 is 10.9 Å². The van der Waals surface area contributed by atoms with Gasteiger partial charge in [0.2, 0.25) is 0 Å². The van der Waals surface area contributed by atoms with Crippen LogP contribution in [-0.2, 0) is 6.54 Å². The molecule has 0 bridgehead atoms. The van der Waals surface area contributed by atoms with E-state index in [4.69, 9.17) is 0 Å². The fraction of sp³-hybridized carbons (Fsp3) is 0.316. The molecule has 3 aromatic rings. The van der Waals surface area contributed by atoms with E-state index in [9.17, 15) is 9.59 Å². The third kappa shape index (κ3) is 3.94. The Morgan fingerprint density at radius 2 is 2.21 bits per heavy atom. The van der Waals surface area contributed by atoms with Gasteiger partial charge < -0.3 is 4.90 Å². The summed E-state index contributed by atoms with van der Waals surface area (Å²) in [5, 5.41) is 7.92. The quantitative estimate of drug-likeness (QED) is 0.732. The van der Waals surface area contributed by atoms with Crippen molar-refractivity contribution < 1.29 is 4.79 Å². The van der Waals surface area contributed by atoms with E-state index in [0.717, 1.165) is 23.3 Å². The summed E-state index contributed by atoms with van der Waals surface area (Å²) >= 11 is 1.44. The Kier molecular flexibility index (Phi) is 5.16. The van der Waals surface area contributed by atoms with E-state index < -0.39 is 0 Å². The normalized spacial score (nSPS) is 16.3. The molecule has 1 aliphatic rings. The minimum absolute atomic E-state index is 0.0876. The zero-order chi connectivity index (χ0) is 19.5. The topological polar surface area (TPSA) is 93.0 Å². The summed E-state index contributed by atoms with van der Waals surface area (Å²) < 4.78 is 1.44. The van der Waals surface area contributed by atoms with Crippen LogP contribution in [0.15, 0.2) is 47.7 Å². The summed E-state index contributed by atoms with van der Waals surface area (Å²) in [6.07, 6.45) is 6.86. The number of urea groups is 1. The number of aryl methyl sites for hydroxylation is 1. The summed E-state index contributed by atoms with van der Waals surface area (Å²) in [5.74, 6) is 0. The van der Waals surface area contributed by atoms with Crippen molar-refractivity contribution >= 4 is 22.5 Å². The first-order valence-electron chi connectivity index (χ1n) is 9.09. The fourth-order valence-corrected chi connectivity index (χ4v) is 3.97. The first-order chi connectivity index (χ1) is 13.6. The van der Waals surface area contributed by atoms with Gasteiger partial charge in [0.1, 0.15) is 0 Å². The van der Waals surface area contributed by atoms with Crippen molar-refractivity contribution in [1.29, 1.82) is 0 Å². The van der Waals surface area contributed by atoms with Crippen molar-refractivity contribution in [3.63, 3.8) is 0 Å². The minimum Gasteiger partial charge on any atom is -0.320 e. The fourth-order valence-electron chi connectivity index (χ4n) is 3.32. The van der Waals surface area contributed by atoms with Crippen LogP contribution in [0, 0.1) is 6.92 Å². The zero-order valence-electron chi connectivity index (χ0n) is 15.4. The molecule has 1 N–H and O–H groups in total. The highest BCUT2D eigenvalue weighted by molar-refractivity contribution is 7.15. The number of carbonyl (C=O) groups excluding carboxylic acids is 1. The van der Waals surface area contributed by atoms with Gasteiger partial charge in [-0.3, -0.25) is 15.1 Å². The maximum atomic E-state index is 12.7. The molecular weight excluding hydrogens is 376 g/mol. The van der Waals surface area contributed by atoms with Crippen LogP contribution >= 0.6 is 11.3 Å². The highest BCUT2D eigenvalue weighted by atomic mass is 32.1. The lowest BCUT2D eigenvalue weighted by molar-refractivity contribution is 0.199. The number of aromatic nitrogens is 4. The molecular formula is C19H20N6O2S. The van der Waals surface area contributed by atoms with Gasteiger partial charge in [-0.25, -0.2) is 14.5 Å². The number of hydrogen-bond acceptors (Lipinski definition) is 6. The SMILES string of the molecule is Cc1cnc(NC(=O)N2CCCC2Cn2nc(-c3cccnc3)ccc2=O)s1. The van der Waals surface area contributed by atoms with Crippen molar-refractivity contribution in [2.45, 2.75) is 32.4 Å². The molecule has 0 spiro atoms. The Morgan fingerprint density at radius 3 is 2.96 bits per heavy atom. The van der Waals surface area contributed by atoms with E-state index in [0.29, 0.717) is 23.9 Å². The molecule has 0 aliphatic carbocycles. The predicted octanol–water partition coefficient (Wildman–Crippen LogP) is 2.77. The van der Waals surface area contributed by atoms with E-state index in [1.165, 1.54) is 22.1 Å².